The second-order valence-corrected chi connectivity index (χ2v) is 12.3. The number of aromatic nitrogens is 1. The third-order valence-electron chi connectivity index (χ3n) is 6.58. The lowest BCUT2D eigenvalue weighted by atomic mass is 10.1. The van der Waals surface area contributed by atoms with E-state index >= 15 is 0 Å². The van der Waals surface area contributed by atoms with Gasteiger partial charge in [-0.25, -0.2) is 13.8 Å². The van der Waals surface area contributed by atoms with Gasteiger partial charge in [0.15, 0.2) is 0 Å². The first kappa shape index (κ1) is 28.5. The maximum Gasteiger partial charge on any atom is 0.255 e. The summed E-state index contributed by atoms with van der Waals surface area (Å²) in [5.74, 6) is -0.536. The summed E-state index contributed by atoms with van der Waals surface area (Å²) in [5.41, 5.74) is 9.65. The molecule has 7 nitrogen and oxygen atoms in total. The first-order valence-electron chi connectivity index (χ1n) is 12.4. The average molecular weight is 608 g/mol. The maximum atomic E-state index is 13.4. The number of nitrogens with zero attached hydrogens (tertiary/aromatic N) is 3. The van der Waals surface area contributed by atoms with E-state index in [9.17, 15) is 13.2 Å². The Morgan fingerprint density at radius 3 is 2.31 bits per heavy atom. The van der Waals surface area contributed by atoms with Gasteiger partial charge < -0.3 is 4.57 Å². The van der Waals surface area contributed by atoms with Crippen molar-refractivity contribution in [3.63, 3.8) is 0 Å². The molecule has 39 heavy (non-hydrogen) atoms. The number of halogens is 1. The van der Waals surface area contributed by atoms with Crippen LogP contribution in [-0.4, -0.2) is 36.0 Å². The topological polar surface area (TPSA) is 83.8 Å². The van der Waals surface area contributed by atoms with Crippen molar-refractivity contribution in [3.05, 3.63) is 117 Å². The predicted molar refractivity (Wildman–Crippen MR) is 159 cm³/mol. The second-order valence-electron chi connectivity index (χ2n) is 9.44. The SMILES string of the molecule is Cc1ccc(-n2c(C)cc(/C=N/NC(=O)CN(Cc3ccccc3)S(=O)(=O)c3ccc(Br)cc3)c2C)cc1C. The summed E-state index contributed by atoms with van der Waals surface area (Å²) in [6.45, 7) is 7.85. The fraction of sp³-hybridized carbons (Fsp3) is 0.200. The van der Waals surface area contributed by atoms with Crippen LogP contribution in [0.15, 0.2) is 93.3 Å². The molecule has 4 rings (SSSR count). The molecule has 0 saturated heterocycles. The van der Waals surface area contributed by atoms with Crippen molar-refractivity contribution in [1.82, 2.24) is 14.3 Å². The highest BCUT2D eigenvalue weighted by Gasteiger charge is 2.27. The Hall–Kier alpha value is -3.53. The summed E-state index contributed by atoms with van der Waals surface area (Å²) >= 11 is 3.33. The van der Waals surface area contributed by atoms with Crippen LogP contribution in [0.2, 0.25) is 0 Å². The molecular weight excluding hydrogens is 576 g/mol. The molecule has 1 amide bonds. The van der Waals surface area contributed by atoms with E-state index in [0.717, 1.165) is 37.0 Å². The van der Waals surface area contributed by atoms with E-state index < -0.39 is 15.9 Å². The van der Waals surface area contributed by atoms with Gasteiger partial charge in [0.1, 0.15) is 0 Å². The number of hydrogen-bond acceptors (Lipinski definition) is 4. The quantitative estimate of drug-likeness (QED) is 0.193. The Labute approximate surface area is 238 Å². The van der Waals surface area contributed by atoms with Crippen molar-refractivity contribution >= 4 is 38.1 Å². The number of benzene rings is 3. The molecule has 9 heteroatoms. The predicted octanol–water partition coefficient (Wildman–Crippen LogP) is 5.81. The summed E-state index contributed by atoms with van der Waals surface area (Å²) < 4.78 is 30.9. The van der Waals surface area contributed by atoms with Crippen LogP contribution < -0.4 is 5.43 Å². The van der Waals surface area contributed by atoms with E-state index in [1.165, 1.54) is 23.3 Å². The molecule has 0 unspecified atom stereocenters. The average Bonchev–Trinajstić information content (AvgIpc) is 3.18. The molecule has 0 atom stereocenters. The van der Waals surface area contributed by atoms with Crippen LogP contribution in [0.3, 0.4) is 0 Å². The van der Waals surface area contributed by atoms with Crippen LogP contribution in [0, 0.1) is 27.7 Å². The summed E-state index contributed by atoms with van der Waals surface area (Å²) in [7, 11) is -3.94. The van der Waals surface area contributed by atoms with E-state index in [2.05, 4.69) is 63.1 Å². The minimum Gasteiger partial charge on any atom is -0.318 e. The van der Waals surface area contributed by atoms with Gasteiger partial charge in [-0.2, -0.15) is 9.41 Å². The maximum absolute atomic E-state index is 13.4. The number of sulfonamides is 1. The highest BCUT2D eigenvalue weighted by molar-refractivity contribution is 9.10. The van der Waals surface area contributed by atoms with E-state index in [1.807, 2.05) is 50.2 Å². The van der Waals surface area contributed by atoms with Gasteiger partial charge in [0, 0.05) is 33.7 Å². The van der Waals surface area contributed by atoms with Crippen LogP contribution in [0.25, 0.3) is 5.69 Å². The van der Waals surface area contributed by atoms with Crippen LogP contribution in [-0.2, 0) is 21.4 Å². The van der Waals surface area contributed by atoms with Crippen molar-refractivity contribution in [2.75, 3.05) is 6.54 Å². The van der Waals surface area contributed by atoms with E-state index in [1.54, 1.807) is 18.3 Å². The number of hydrogen-bond donors (Lipinski definition) is 1. The number of aryl methyl sites for hydroxylation is 3. The molecule has 4 aromatic rings. The zero-order valence-electron chi connectivity index (χ0n) is 22.3. The molecule has 1 N–H and O–H groups in total. The van der Waals surface area contributed by atoms with Gasteiger partial charge in [0.2, 0.25) is 10.0 Å². The fourth-order valence-electron chi connectivity index (χ4n) is 4.32. The van der Waals surface area contributed by atoms with Gasteiger partial charge >= 0.3 is 0 Å². The van der Waals surface area contributed by atoms with Crippen molar-refractivity contribution in [3.8, 4) is 5.69 Å². The first-order valence-corrected chi connectivity index (χ1v) is 14.7. The Morgan fingerprint density at radius 1 is 0.949 bits per heavy atom. The highest BCUT2D eigenvalue weighted by atomic mass is 79.9. The molecule has 0 aliphatic heterocycles. The molecule has 0 fully saturated rings. The number of amides is 1. The van der Waals surface area contributed by atoms with Crippen LogP contribution >= 0.6 is 15.9 Å². The van der Waals surface area contributed by atoms with Crippen LogP contribution in [0.5, 0.6) is 0 Å². The Morgan fingerprint density at radius 2 is 1.64 bits per heavy atom. The van der Waals surface area contributed by atoms with E-state index in [4.69, 9.17) is 0 Å². The van der Waals surface area contributed by atoms with Crippen molar-refractivity contribution in [2.45, 2.75) is 39.1 Å². The summed E-state index contributed by atoms with van der Waals surface area (Å²) in [5, 5.41) is 4.14. The number of carbonyl (C=O) groups excluding carboxylic acids is 1. The fourth-order valence-corrected chi connectivity index (χ4v) is 5.97. The van der Waals surface area contributed by atoms with E-state index in [-0.39, 0.29) is 18.0 Å². The minimum absolute atomic E-state index is 0.0491. The Bertz CT molecular complexity index is 1610. The highest BCUT2D eigenvalue weighted by Crippen LogP contribution is 2.23. The van der Waals surface area contributed by atoms with Gasteiger partial charge in [-0.15, -0.1) is 0 Å². The third-order valence-corrected chi connectivity index (χ3v) is 8.92. The molecule has 0 spiro atoms. The lowest BCUT2D eigenvalue weighted by molar-refractivity contribution is -0.121. The van der Waals surface area contributed by atoms with Crippen LogP contribution in [0.4, 0.5) is 0 Å². The summed E-state index contributed by atoms with van der Waals surface area (Å²) in [4.78, 5) is 13.0. The molecule has 1 heterocycles. The number of rotatable bonds is 9. The largest absolute Gasteiger partial charge is 0.318 e. The van der Waals surface area contributed by atoms with Crippen molar-refractivity contribution < 1.29 is 13.2 Å². The molecule has 0 aliphatic carbocycles. The Kier molecular flexibility index (Phi) is 8.84. The molecule has 0 radical (unpaired) electrons. The molecule has 0 saturated carbocycles. The molecular formula is C30H31BrN4O3S. The van der Waals surface area contributed by atoms with Gasteiger partial charge in [-0.1, -0.05) is 52.3 Å². The number of nitrogens with one attached hydrogen (secondary N) is 1. The zero-order chi connectivity index (χ0) is 28.2. The molecule has 202 valence electrons. The van der Waals surface area contributed by atoms with Crippen molar-refractivity contribution in [1.29, 1.82) is 0 Å². The monoisotopic (exact) mass is 606 g/mol. The second kappa shape index (κ2) is 12.1. The number of hydrazone groups is 1. The van der Waals surface area contributed by atoms with E-state index in [0.29, 0.717) is 0 Å². The van der Waals surface area contributed by atoms with Crippen LogP contribution in [0.1, 0.15) is 33.6 Å². The minimum atomic E-state index is -3.94. The third kappa shape index (κ3) is 6.73. The molecule has 3 aromatic carbocycles. The lowest BCUT2D eigenvalue weighted by Crippen LogP contribution is -2.39. The summed E-state index contributed by atoms with van der Waals surface area (Å²) in [6.07, 6.45) is 1.59. The lowest BCUT2D eigenvalue weighted by Gasteiger charge is -2.21. The normalized spacial score (nSPS) is 11.8. The van der Waals surface area contributed by atoms with Crippen molar-refractivity contribution in [2.24, 2.45) is 5.10 Å². The molecule has 0 aliphatic rings. The smallest absolute Gasteiger partial charge is 0.255 e. The Balaban J connectivity index is 1.51. The zero-order valence-corrected chi connectivity index (χ0v) is 24.8. The molecule has 0 bridgehead atoms. The van der Waals surface area contributed by atoms with Gasteiger partial charge in [-0.05, 0) is 86.8 Å². The first-order chi connectivity index (χ1) is 18.6. The van der Waals surface area contributed by atoms with Gasteiger partial charge in [0.25, 0.3) is 5.91 Å². The standard InChI is InChI=1S/C30H31BrN4O3S/c1-21-10-13-28(16-22(21)2)35-23(3)17-26(24(35)4)18-32-33-30(36)20-34(19-25-8-6-5-7-9-25)39(37,38)29-14-11-27(31)12-15-29/h5-18H,19-20H2,1-4H3,(H,33,36)/b32-18+. The van der Waals surface area contributed by atoms with Gasteiger partial charge in [0.05, 0.1) is 17.7 Å². The number of carbonyl (C=O) groups is 1. The van der Waals surface area contributed by atoms with Gasteiger partial charge in [-0.3, -0.25) is 4.79 Å². The molecule has 1 aromatic heterocycles. The summed E-state index contributed by atoms with van der Waals surface area (Å²) in [6, 6.07) is 23.8.